The van der Waals surface area contributed by atoms with E-state index in [0.29, 0.717) is 25.9 Å². The maximum absolute atomic E-state index is 12.5. The van der Waals surface area contributed by atoms with Gasteiger partial charge in [0.2, 0.25) is 5.91 Å². The number of hydrogen-bond acceptors (Lipinski definition) is 5. The number of amides is 1. The standard InChI is InChI=1S/C65H125NO5/c1-3-5-7-9-11-13-15-17-19-20-24-28-31-35-39-43-47-51-55-59-65(70)71-60-56-52-48-44-40-36-32-29-26-23-21-22-25-27-30-34-38-42-46-50-54-58-64(69)66-62(61-67)63(68)57-53-49-45-41-37-33-18-16-14-12-10-8-6-4-2/h36,40,48,52,62-63,67-68H,3-35,37-39,41-47,49-51,53-61H2,1-2H3,(H,66,69)/b40-36-,52-48-. The van der Waals surface area contributed by atoms with Gasteiger partial charge in [0.15, 0.2) is 0 Å². The van der Waals surface area contributed by atoms with Crippen molar-refractivity contribution in [3.05, 3.63) is 24.3 Å². The van der Waals surface area contributed by atoms with Crippen molar-refractivity contribution in [2.24, 2.45) is 0 Å². The molecule has 0 aliphatic heterocycles. The summed E-state index contributed by atoms with van der Waals surface area (Å²) in [6, 6.07) is -0.545. The Labute approximate surface area is 443 Å². The van der Waals surface area contributed by atoms with Gasteiger partial charge in [-0.1, -0.05) is 321 Å². The highest BCUT2D eigenvalue weighted by molar-refractivity contribution is 5.76. The maximum Gasteiger partial charge on any atom is 0.305 e. The maximum atomic E-state index is 12.5. The Bertz CT molecular complexity index is 1110. The molecule has 6 nitrogen and oxygen atoms in total. The molecular weight excluding hydrogens is 875 g/mol. The van der Waals surface area contributed by atoms with E-state index in [-0.39, 0.29) is 18.5 Å². The third-order valence-electron chi connectivity index (χ3n) is 15.0. The lowest BCUT2D eigenvalue weighted by molar-refractivity contribution is -0.143. The number of allylic oxidation sites excluding steroid dienone is 3. The molecule has 71 heavy (non-hydrogen) atoms. The van der Waals surface area contributed by atoms with Crippen molar-refractivity contribution >= 4 is 11.9 Å². The van der Waals surface area contributed by atoms with Gasteiger partial charge in [-0.05, 0) is 44.9 Å². The van der Waals surface area contributed by atoms with Gasteiger partial charge in [0.1, 0.15) is 0 Å². The van der Waals surface area contributed by atoms with E-state index < -0.39 is 12.1 Å². The number of aliphatic hydroxyl groups is 2. The van der Waals surface area contributed by atoms with Crippen LogP contribution in [0.15, 0.2) is 24.3 Å². The molecule has 6 heteroatoms. The number of hydrogen-bond donors (Lipinski definition) is 3. The zero-order chi connectivity index (χ0) is 51.4. The first kappa shape index (κ1) is 69.3. The molecule has 2 unspecified atom stereocenters. The summed E-state index contributed by atoms with van der Waals surface area (Å²) in [5, 5.41) is 23.3. The van der Waals surface area contributed by atoms with Gasteiger partial charge in [-0.2, -0.15) is 0 Å². The average Bonchev–Trinajstić information content (AvgIpc) is 3.37. The first-order chi connectivity index (χ1) is 35.0. The van der Waals surface area contributed by atoms with Gasteiger partial charge in [0, 0.05) is 12.8 Å². The average molecular weight is 1000 g/mol. The van der Waals surface area contributed by atoms with Crippen molar-refractivity contribution in [3.63, 3.8) is 0 Å². The van der Waals surface area contributed by atoms with E-state index in [4.69, 9.17) is 4.74 Å². The second-order valence-electron chi connectivity index (χ2n) is 22.1. The minimum Gasteiger partial charge on any atom is -0.465 e. The summed E-state index contributed by atoms with van der Waals surface area (Å²) in [6.45, 7) is 4.87. The lowest BCUT2D eigenvalue weighted by Crippen LogP contribution is -2.45. The molecule has 0 aromatic heterocycles. The van der Waals surface area contributed by atoms with Crippen LogP contribution in [0.3, 0.4) is 0 Å². The zero-order valence-electron chi connectivity index (χ0n) is 48.0. The van der Waals surface area contributed by atoms with Gasteiger partial charge >= 0.3 is 5.97 Å². The highest BCUT2D eigenvalue weighted by atomic mass is 16.5. The SMILES string of the molecule is CCCCCCCCCCCCCCCCCCCCCC(=O)OCC/C=C\C/C=C\CCCCCCCCCCCCCCCCC(=O)NC(CO)C(O)CCCCCCCCCCCCCCCC. The summed E-state index contributed by atoms with van der Waals surface area (Å²) in [5.74, 6) is -0.0678. The smallest absolute Gasteiger partial charge is 0.305 e. The number of esters is 1. The fourth-order valence-electron chi connectivity index (χ4n) is 10.1. The third kappa shape index (κ3) is 57.5. The van der Waals surface area contributed by atoms with Crippen molar-refractivity contribution in [2.45, 2.75) is 366 Å². The van der Waals surface area contributed by atoms with Gasteiger partial charge in [-0.15, -0.1) is 0 Å². The Balaban J connectivity index is 3.42. The van der Waals surface area contributed by atoms with E-state index in [1.54, 1.807) is 0 Å². The summed E-state index contributed by atoms with van der Waals surface area (Å²) >= 11 is 0. The van der Waals surface area contributed by atoms with Crippen LogP contribution in [0, 0.1) is 0 Å². The van der Waals surface area contributed by atoms with Crippen LogP contribution in [0.1, 0.15) is 354 Å². The number of aliphatic hydroxyl groups excluding tert-OH is 2. The molecule has 0 aliphatic carbocycles. The van der Waals surface area contributed by atoms with Crippen molar-refractivity contribution in [1.82, 2.24) is 5.32 Å². The molecule has 0 fully saturated rings. The minimum atomic E-state index is -0.667. The summed E-state index contributed by atoms with van der Waals surface area (Å²) in [5.41, 5.74) is 0. The zero-order valence-corrected chi connectivity index (χ0v) is 48.0. The predicted molar refractivity (Wildman–Crippen MR) is 310 cm³/mol. The number of carbonyl (C=O) groups is 2. The molecule has 3 N–H and O–H groups in total. The van der Waals surface area contributed by atoms with Crippen LogP contribution >= 0.6 is 0 Å². The van der Waals surface area contributed by atoms with Gasteiger partial charge in [0.05, 0.1) is 25.4 Å². The molecule has 0 aliphatic rings. The number of carbonyl (C=O) groups excluding carboxylic acids is 2. The van der Waals surface area contributed by atoms with Crippen LogP contribution in [0.25, 0.3) is 0 Å². The molecule has 2 atom stereocenters. The Kier molecular flexibility index (Phi) is 59.5. The van der Waals surface area contributed by atoms with Crippen molar-refractivity contribution in [1.29, 1.82) is 0 Å². The van der Waals surface area contributed by atoms with Gasteiger partial charge in [0.25, 0.3) is 0 Å². The van der Waals surface area contributed by atoms with Crippen LogP contribution < -0.4 is 5.32 Å². The summed E-state index contributed by atoms with van der Waals surface area (Å²) in [7, 11) is 0. The third-order valence-corrected chi connectivity index (χ3v) is 15.0. The fraction of sp³-hybridized carbons (Fsp3) is 0.908. The molecule has 0 aromatic rings. The van der Waals surface area contributed by atoms with Crippen molar-refractivity contribution in [3.8, 4) is 0 Å². The monoisotopic (exact) mass is 1000 g/mol. The van der Waals surface area contributed by atoms with Crippen LogP contribution in [-0.2, 0) is 14.3 Å². The van der Waals surface area contributed by atoms with E-state index in [0.717, 1.165) is 51.4 Å². The molecule has 0 saturated carbocycles. The van der Waals surface area contributed by atoms with Gasteiger partial charge in [-0.25, -0.2) is 0 Å². The summed E-state index contributed by atoms with van der Waals surface area (Å²) < 4.78 is 5.44. The molecule has 420 valence electrons. The second-order valence-corrected chi connectivity index (χ2v) is 22.1. The van der Waals surface area contributed by atoms with Crippen LogP contribution in [0.2, 0.25) is 0 Å². The Morgan fingerprint density at radius 1 is 0.394 bits per heavy atom. The van der Waals surface area contributed by atoms with Gasteiger partial charge in [-0.3, -0.25) is 9.59 Å². The first-order valence-electron chi connectivity index (χ1n) is 32.1. The van der Waals surface area contributed by atoms with Crippen LogP contribution in [0.4, 0.5) is 0 Å². The fourth-order valence-corrected chi connectivity index (χ4v) is 10.1. The van der Waals surface area contributed by atoms with Crippen LogP contribution in [0.5, 0.6) is 0 Å². The molecule has 0 rings (SSSR count). The number of nitrogens with one attached hydrogen (secondary N) is 1. The van der Waals surface area contributed by atoms with Crippen molar-refractivity contribution in [2.75, 3.05) is 13.2 Å². The van der Waals surface area contributed by atoms with E-state index in [1.165, 1.54) is 270 Å². The lowest BCUT2D eigenvalue weighted by atomic mass is 10.0. The lowest BCUT2D eigenvalue weighted by Gasteiger charge is -2.22. The molecule has 0 saturated heterocycles. The highest BCUT2D eigenvalue weighted by Crippen LogP contribution is 2.18. The highest BCUT2D eigenvalue weighted by Gasteiger charge is 2.20. The molecule has 0 bridgehead atoms. The quantitative estimate of drug-likeness (QED) is 0.0320. The topological polar surface area (TPSA) is 95.9 Å². The Morgan fingerprint density at radius 2 is 0.704 bits per heavy atom. The molecule has 0 radical (unpaired) electrons. The second kappa shape index (κ2) is 60.9. The molecule has 0 heterocycles. The molecular formula is C65H125NO5. The summed E-state index contributed by atoms with van der Waals surface area (Å²) in [6.07, 6.45) is 75.0. The minimum absolute atomic E-state index is 0.0299. The van der Waals surface area contributed by atoms with Crippen molar-refractivity contribution < 1.29 is 24.5 Å². The largest absolute Gasteiger partial charge is 0.465 e. The van der Waals surface area contributed by atoms with E-state index in [9.17, 15) is 19.8 Å². The van der Waals surface area contributed by atoms with E-state index in [1.807, 2.05) is 0 Å². The van der Waals surface area contributed by atoms with Crippen LogP contribution in [-0.4, -0.2) is 47.4 Å². The summed E-state index contributed by atoms with van der Waals surface area (Å²) in [4.78, 5) is 24.6. The number of rotatable bonds is 60. The van der Waals surface area contributed by atoms with Gasteiger partial charge < -0.3 is 20.3 Å². The van der Waals surface area contributed by atoms with E-state index >= 15 is 0 Å². The first-order valence-corrected chi connectivity index (χ1v) is 32.1. The normalized spacial score (nSPS) is 12.7. The molecule has 0 aromatic carbocycles. The van der Waals surface area contributed by atoms with E-state index in [2.05, 4.69) is 43.5 Å². The molecule has 0 spiro atoms. The number of unbranched alkanes of at least 4 members (excludes halogenated alkanes) is 45. The predicted octanol–water partition coefficient (Wildman–Crippen LogP) is 20.2. The Hall–Kier alpha value is -1.66. The Morgan fingerprint density at radius 3 is 1.07 bits per heavy atom. The molecule has 1 amide bonds. The number of ether oxygens (including phenoxy) is 1.